The largest absolute Gasteiger partial charge is 0.378 e. The van der Waals surface area contributed by atoms with Gasteiger partial charge in [-0.15, -0.1) is 0 Å². The van der Waals surface area contributed by atoms with Gasteiger partial charge in [-0.05, 0) is 48.6 Å². The lowest BCUT2D eigenvalue weighted by Gasteiger charge is -2.31. The van der Waals surface area contributed by atoms with Gasteiger partial charge >= 0.3 is 6.03 Å². The van der Waals surface area contributed by atoms with Crippen molar-refractivity contribution in [2.45, 2.75) is 24.8 Å². The van der Waals surface area contributed by atoms with E-state index in [0.29, 0.717) is 39.1 Å². The van der Waals surface area contributed by atoms with Crippen LogP contribution in [0.1, 0.15) is 24.3 Å². The Morgan fingerprint density at radius 2 is 1.68 bits per heavy atom. The highest BCUT2D eigenvalue weighted by atomic mass is 19.1. The molecule has 1 saturated heterocycles. The molecule has 2 aromatic rings. The number of para-hydroxylation sites is 1. The van der Waals surface area contributed by atoms with Gasteiger partial charge in [-0.1, -0.05) is 24.3 Å². The third kappa shape index (κ3) is 5.02. The van der Waals surface area contributed by atoms with Crippen LogP contribution in [0.25, 0.3) is 0 Å². The zero-order chi connectivity index (χ0) is 21.8. The molecule has 8 heteroatoms. The van der Waals surface area contributed by atoms with Gasteiger partial charge in [0, 0.05) is 25.0 Å². The predicted octanol–water partition coefficient (Wildman–Crippen LogP) is 3.51. The van der Waals surface area contributed by atoms with Crippen molar-refractivity contribution in [3.63, 3.8) is 0 Å². The molecule has 3 amide bonds. The summed E-state index contributed by atoms with van der Waals surface area (Å²) in [6, 6.07) is 11.3. The molecule has 3 atom stereocenters. The van der Waals surface area contributed by atoms with Crippen LogP contribution in [0, 0.1) is 17.6 Å². The molecule has 0 aromatic heterocycles. The number of nitrogens with one attached hydrogen (secondary N) is 2. The first-order valence-corrected chi connectivity index (χ1v) is 10.5. The predicted molar refractivity (Wildman–Crippen MR) is 112 cm³/mol. The number of carbonyl (C=O) groups is 2. The lowest BCUT2D eigenvalue weighted by molar-refractivity contribution is -0.140. The van der Waals surface area contributed by atoms with E-state index in [1.54, 1.807) is 29.2 Å². The van der Waals surface area contributed by atoms with Crippen LogP contribution in [0.3, 0.4) is 0 Å². The summed E-state index contributed by atoms with van der Waals surface area (Å²) in [6.07, 6.45) is 1.000. The summed E-state index contributed by atoms with van der Waals surface area (Å²) in [4.78, 5) is 27.5. The SMILES string of the molecule is O=C(Nc1ccccc1F)N[C@@H]1C[C@H](C(=O)N2CCOCC2)[C@@H](c2ccc(F)cc2)C1. The van der Waals surface area contributed by atoms with E-state index in [1.165, 1.54) is 24.3 Å². The number of rotatable bonds is 4. The molecule has 0 unspecified atom stereocenters. The van der Waals surface area contributed by atoms with E-state index < -0.39 is 11.8 Å². The minimum absolute atomic E-state index is 0.0245. The van der Waals surface area contributed by atoms with Gasteiger partial charge in [0.1, 0.15) is 11.6 Å². The second-order valence-electron chi connectivity index (χ2n) is 7.95. The van der Waals surface area contributed by atoms with Crippen molar-refractivity contribution in [3.05, 3.63) is 65.7 Å². The fraction of sp³-hybridized carbons (Fsp3) is 0.391. The van der Waals surface area contributed by atoms with Crippen LogP contribution in [-0.2, 0) is 9.53 Å². The molecule has 1 heterocycles. The molecule has 1 aliphatic carbocycles. The first-order valence-electron chi connectivity index (χ1n) is 10.5. The first kappa shape index (κ1) is 21.2. The minimum atomic E-state index is -0.521. The summed E-state index contributed by atoms with van der Waals surface area (Å²) >= 11 is 0. The number of urea groups is 1. The number of benzene rings is 2. The number of ether oxygens (including phenoxy) is 1. The Morgan fingerprint density at radius 3 is 2.39 bits per heavy atom. The molecule has 1 saturated carbocycles. The molecule has 164 valence electrons. The second kappa shape index (κ2) is 9.43. The summed E-state index contributed by atoms with van der Waals surface area (Å²) in [5, 5.41) is 5.39. The Labute approximate surface area is 179 Å². The monoisotopic (exact) mass is 429 g/mol. The molecule has 31 heavy (non-hydrogen) atoms. The molecule has 4 rings (SSSR count). The van der Waals surface area contributed by atoms with E-state index >= 15 is 0 Å². The van der Waals surface area contributed by atoms with Gasteiger partial charge in [-0.25, -0.2) is 13.6 Å². The van der Waals surface area contributed by atoms with Gasteiger partial charge in [-0.2, -0.15) is 0 Å². The van der Waals surface area contributed by atoms with E-state index in [2.05, 4.69) is 10.6 Å². The third-order valence-corrected chi connectivity index (χ3v) is 5.96. The van der Waals surface area contributed by atoms with Crippen molar-refractivity contribution in [2.75, 3.05) is 31.6 Å². The third-order valence-electron chi connectivity index (χ3n) is 5.96. The van der Waals surface area contributed by atoms with Crippen molar-refractivity contribution in [1.29, 1.82) is 0 Å². The smallest absolute Gasteiger partial charge is 0.319 e. The Bertz CT molecular complexity index is 932. The molecule has 2 aromatic carbocycles. The molecule has 0 radical (unpaired) electrons. The van der Waals surface area contributed by atoms with Crippen LogP contribution in [-0.4, -0.2) is 49.2 Å². The molecule has 2 fully saturated rings. The molecular weight excluding hydrogens is 404 g/mol. The van der Waals surface area contributed by atoms with Crippen LogP contribution in [0.5, 0.6) is 0 Å². The van der Waals surface area contributed by atoms with Crippen LogP contribution in [0.2, 0.25) is 0 Å². The maximum absolute atomic E-state index is 13.8. The average Bonchev–Trinajstić information content (AvgIpc) is 3.19. The normalized spacial score (nSPS) is 23.4. The summed E-state index contributed by atoms with van der Waals surface area (Å²) in [6.45, 7) is 2.09. The van der Waals surface area contributed by atoms with Crippen molar-refractivity contribution in [3.8, 4) is 0 Å². The van der Waals surface area contributed by atoms with Gasteiger partial charge < -0.3 is 20.3 Å². The lowest BCUT2D eigenvalue weighted by Crippen LogP contribution is -2.44. The number of hydrogen-bond donors (Lipinski definition) is 2. The molecular formula is C23H25F2N3O3. The molecule has 2 N–H and O–H groups in total. The van der Waals surface area contributed by atoms with Crippen molar-refractivity contribution in [2.24, 2.45) is 5.92 Å². The quantitative estimate of drug-likeness (QED) is 0.782. The van der Waals surface area contributed by atoms with Crippen LogP contribution in [0.4, 0.5) is 19.3 Å². The minimum Gasteiger partial charge on any atom is -0.378 e. The van der Waals surface area contributed by atoms with Crippen molar-refractivity contribution < 1.29 is 23.1 Å². The molecule has 6 nitrogen and oxygen atoms in total. The topological polar surface area (TPSA) is 70.7 Å². The second-order valence-corrected chi connectivity index (χ2v) is 7.95. The van der Waals surface area contributed by atoms with Crippen LogP contribution in [0.15, 0.2) is 48.5 Å². The summed E-state index contributed by atoms with van der Waals surface area (Å²) in [5.74, 6) is -1.31. The number of amides is 3. The Morgan fingerprint density at radius 1 is 0.968 bits per heavy atom. The first-order chi connectivity index (χ1) is 15.0. The van der Waals surface area contributed by atoms with Crippen molar-refractivity contribution in [1.82, 2.24) is 10.2 Å². The number of nitrogens with zero attached hydrogens (tertiary/aromatic N) is 1. The van der Waals surface area contributed by atoms with Crippen molar-refractivity contribution >= 4 is 17.6 Å². The van der Waals surface area contributed by atoms with Gasteiger partial charge in [0.15, 0.2) is 0 Å². The Balaban J connectivity index is 1.48. The van der Waals surface area contributed by atoms with E-state index in [-0.39, 0.29) is 35.3 Å². The standard InChI is InChI=1S/C23H25F2N3O3/c24-16-7-5-15(6-8-16)18-13-17(14-19(18)22(29)28-9-11-31-12-10-28)26-23(30)27-21-4-2-1-3-20(21)25/h1-8,17-19H,9-14H2,(H2,26,27,30)/t17-,18+,19-/m0/s1. The molecule has 0 bridgehead atoms. The molecule has 0 spiro atoms. The van der Waals surface area contributed by atoms with E-state index in [9.17, 15) is 18.4 Å². The highest BCUT2D eigenvalue weighted by Crippen LogP contribution is 2.41. The summed E-state index contributed by atoms with van der Waals surface area (Å²) < 4.78 is 32.6. The fourth-order valence-corrected chi connectivity index (χ4v) is 4.43. The Hall–Kier alpha value is -3.00. The van der Waals surface area contributed by atoms with E-state index in [0.717, 1.165) is 5.56 Å². The number of hydrogen-bond acceptors (Lipinski definition) is 3. The highest BCUT2D eigenvalue weighted by molar-refractivity contribution is 5.89. The number of halogens is 2. The fourth-order valence-electron chi connectivity index (χ4n) is 4.43. The highest BCUT2D eigenvalue weighted by Gasteiger charge is 2.42. The number of carbonyl (C=O) groups excluding carboxylic acids is 2. The van der Waals surface area contributed by atoms with Gasteiger partial charge in [-0.3, -0.25) is 4.79 Å². The van der Waals surface area contributed by atoms with E-state index in [1.807, 2.05) is 0 Å². The summed E-state index contributed by atoms with van der Waals surface area (Å²) in [5.41, 5.74) is 0.959. The maximum Gasteiger partial charge on any atom is 0.319 e. The van der Waals surface area contributed by atoms with Crippen LogP contribution < -0.4 is 10.6 Å². The lowest BCUT2D eigenvalue weighted by atomic mass is 9.88. The maximum atomic E-state index is 13.8. The number of morpholine rings is 1. The van der Waals surface area contributed by atoms with Gasteiger partial charge in [0.25, 0.3) is 0 Å². The zero-order valence-electron chi connectivity index (χ0n) is 17.0. The average molecular weight is 429 g/mol. The van der Waals surface area contributed by atoms with Gasteiger partial charge in [0.2, 0.25) is 5.91 Å². The van der Waals surface area contributed by atoms with Gasteiger partial charge in [0.05, 0.1) is 18.9 Å². The Kier molecular flexibility index (Phi) is 6.46. The van der Waals surface area contributed by atoms with E-state index in [4.69, 9.17) is 4.74 Å². The zero-order valence-corrected chi connectivity index (χ0v) is 17.0. The molecule has 2 aliphatic rings. The summed E-state index contributed by atoms with van der Waals surface area (Å²) in [7, 11) is 0. The molecule has 1 aliphatic heterocycles. The van der Waals surface area contributed by atoms with Crippen LogP contribution >= 0.6 is 0 Å². The number of anilines is 1.